The fraction of sp³-hybridized carbons (Fsp3) is 0.773. The molecule has 2 aliphatic carbocycles. The van der Waals surface area contributed by atoms with E-state index in [1.165, 1.54) is 32.1 Å². The Morgan fingerprint density at radius 2 is 1.90 bits per heavy atom. The number of nitrogens with zero attached hydrogens (tertiary/aromatic N) is 4. The molecular formula is C22H38N6O. The molecule has 1 aromatic rings. The quantitative estimate of drug-likeness (QED) is 0.429. The van der Waals surface area contributed by atoms with E-state index in [0.29, 0.717) is 43.3 Å². The summed E-state index contributed by atoms with van der Waals surface area (Å²) < 4.78 is 0. The third kappa shape index (κ3) is 6.12. The van der Waals surface area contributed by atoms with Gasteiger partial charge in [-0.05, 0) is 65.0 Å². The second-order valence-corrected chi connectivity index (χ2v) is 8.88. The van der Waals surface area contributed by atoms with Gasteiger partial charge in [0, 0.05) is 24.7 Å². The van der Waals surface area contributed by atoms with E-state index in [0.717, 1.165) is 37.2 Å². The van der Waals surface area contributed by atoms with Crippen LogP contribution in [0.15, 0.2) is 11.2 Å². The molecule has 0 aromatic carbocycles. The monoisotopic (exact) mass is 402 g/mol. The fourth-order valence-electron chi connectivity index (χ4n) is 4.49. The zero-order valence-corrected chi connectivity index (χ0v) is 18.1. The third-order valence-electron chi connectivity index (χ3n) is 6.32. The molecule has 1 aromatic heterocycles. The van der Waals surface area contributed by atoms with E-state index in [-0.39, 0.29) is 0 Å². The molecule has 2 saturated carbocycles. The van der Waals surface area contributed by atoms with Crippen LogP contribution in [0.2, 0.25) is 0 Å². The lowest BCUT2D eigenvalue weighted by molar-refractivity contribution is 0.180. The average Bonchev–Trinajstić information content (AvgIpc) is 2.75. The first-order chi connectivity index (χ1) is 14.1. The Morgan fingerprint density at radius 3 is 2.52 bits per heavy atom. The van der Waals surface area contributed by atoms with Crippen molar-refractivity contribution in [3.63, 3.8) is 0 Å². The minimum atomic E-state index is 0.291. The highest BCUT2D eigenvalue weighted by atomic mass is 16.3. The highest BCUT2D eigenvalue weighted by Crippen LogP contribution is 2.34. The van der Waals surface area contributed by atoms with Crippen molar-refractivity contribution >= 4 is 24.2 Å². The van der Waals surface area contributed by atoms with Crippen LogP contribution in [0.25, 0.3) is 0 Å². The number of nitrogens with one attached hydrogen (secondary N) is 2. The number of aromatic nitrogens is 2. The van der Waals surface area contributed by atoms with Crippen molar-refractivity contribution in [3.8, 4) is 0 Å². The predicted molar refractivity (Wildman–Crippen MR) is 120 cm³/mol. The van der Waals surface area contributed by atoms with E-state index < -0.39 is 0 Å². The molecule has 7 nitrogen and oxygen atoms in total. The van der Waals surface area contributed by atoms with Crippen molar-refractivity contribution in [2.75, 3.05) is 23.5 Å². The van der Waals surface area contributed by atoms with Crippen LogP contribution in [0.1, 0.15) is 71.6 Å². The van der Waals surface area contributed by atoms with E-state index in [1.807, 2.05) is 0 Å². The molecule has 3 N–H and O–H groups in total. The Balaban J connectivity index is 1.81. The van der Waals surface area contributed by atoms with Gasteiger partial charge in [0.05, 0.1) is 12.9 Å². The number of hydrogen-bond acceptors (Lipinski definition) is 7. The highest BCUT2D eigenvalue weighted by Gasteiger charge is 2.28. The minimum absolute atomic E-state index is 0.291. The van der Waals surface area contributed by atoms with Crippen molar-refractivity contribution in [2.45, 2.75) is 89.8 Å². The Morgan fingerprint density at radius 1 is 1.17 bits per heavy atom. The van der Waals surface area contributed by atoms with Gasteiger partial charge in [0.2, 0.25) is 5.95 Å². The lowest BCUT2D eigenvalue weighted by Gasteiger charge is -2.38. The smallest absolute Gasteiger partial charge is 0.224 e. The van der Waals surface area contributed by atoms with Crippen molar-refractivity contribution in [1.29, 1.82) is 0 Å². The number of anilines is 2. The lowest BCUT2D eigenvalue weighted by Crippen LogP contribution is -2.46. The molecule has 0 unspecified atom stereocenters. The SMILES string of the molecule is C=Nc1cnc(NC2CCCCC2)nc1N(CNC(C)C)C1CCC(CO)CC1. The summed E-state index contributed by atoms with van der Waals surface area (Å²) in [4.78, 5) is 16.0. The zero-order valence-electron chi connectivity index (χ0n) is 18.1. The maximum Gasteiger partial charge on any atom is 0.224 e. The van der Waals surface area contributed by atoms with E-state index >= 15 is 0 Å². The molecule has 29 heavy (non-hydrogen) atoms. The van der Waals surface area contributed by atoms with Crippen LogP contribution in [0.3, 0.4) is 0 Å². The number of aliphatic hydroxyl groups is 1. The number of hydrogen-bond donors (Lipinski definition) is 3. The van der Waals surface area contributed by atoms with Crippen LogP contribution in [-0.2, 0) is 0 Å². The molecule has 0 aliphatic heterocycles. The number of aliphatic hydroxyl groups excluding tert-OH is 1. The van der Waals surface area contributed by atoms with Crippen LogP contribution in [0, 0.1) is 5.92 Å². The topological polar surface area (TPSA) is 85.7 Å². The molecule has 2 fully saturated rings. The summed E-state index contributed by atoms with van der Waals surface area (Å²) in [5.74, 6) is 1.98. The molecule has 0 atom stereocenters. The maximum atomic E-state index is 9.51. The summed E-state index contributed by atoms with van der Waals surface area (Å²) in [7, 11) is 0. The standard InChI is InChI=1S/C22H38N6O/c1-16(2)25-15-28(19-11-9-17(14-29)10-12-19)21-20(23-3)13-24-22(27-21)26-18-7-5-4-6-8-18/h13,16-19,25,29H,3-12,14-15H2,1-2H3,(H,24,26,27). The molecule has 1 heterocycles. The average molecular weight is 403 g/mol. The van der Waals surface area contributed by atoms with E-state index in [9.17, 15) is 5.11 Å². The first-order valence-corrected chi connectivity index (χ1v) is 11.3. The van der Waals surface area contributed by atoms with Crippen molar-refractivity contribution in [2.24, 2.45) is 10.9 Å². The van der Waals surface area contributed by atoms with Crippen LogP contribution in [-0.4, -0.2) is 53.2 Å². The fourth-order valence-corrected chi connectivity index (χ4v) is 4.49. The van der Waals surface area contributed by atoms with Crippen LogP contribution in [0.5, 0.6) is 0 Å². The zero-order chi connectivity index (χ0) is 20.6. The first-order valence-electron chi connectivity index (χ1n) is 11.3. The molecule has 3 rings (SSSR count). The summed E-state index contributed by atoms with van der Waals surface area (Å²) in [5.41, 5.74) is 0.731. The Kier molecular flexibility index (Phi) is 8.24. The maximum absolute atomic E-state index is 9.51. The van der Waals surface area contributed by atoms with Crippen LogP contribution < -0.4 is 15.5 Å². The second kappa shape index (κ2) is 10.9. The Bertz CT molecular complexity index is 638. The van der Waals surface area contributed by atoms with E-state index in [4.69, 9.17) is 4.98 Å². The van der Waals surface area contributed by atoms with Crippen molar-refractivity contribution in [3.05, 3.63) is 6.20 Å². The first kappa shape index (κ1) is 22.0. The molecule has 0 saturated heterocycles. The van der Waals surface area contributed by atoms with Crippen molar-refractivity contribution in [1.82, 2.24) is 15.3 Å². The summed E-state index contributed by atoms with van der Waals surface area (Å²) in [6, 6.07) is 1.22. The molecule has 0 spiro atoms. The normalized spacial score (nSPS) is 23.2. The van der Waals surface area contributed by atoms with Gasteiger partial charge in [-0.15, -0.1) is 0 Å². The lowest BCUT2D eigenvalue weighted by atomic mass is 9.86. The van der Waals surface area contributed by atoms with Crippen molar-refractivity contribution < 1.29 is 5.11 Å². The van der Waals surface area contributed by atoms with Crippen LogP contribution >= 0.6 is 0 Å². The summed E-state index contributed by atoms with van der Waals surface area (Å²) in [6.45, 7) is 9.07. The van der Waals surface area contributed by atoms with Gasteiger partial charge < -0.3 is 15.3 Å². The summed E-state index contributed by atoms with van der Waals surface area (Å²) >= 11 is 0. The predicted octanol–water partition coefficient (Wildman–Crippen LogP) is 3.87. The van der Waals surface area contributed by atoms with Gasteiger partial charge in [-0.1, -0.05) is 19.3 Å². The van der Waals surface area contributed by atoms with E-state index in [2.05, 4.69) is 46.1 Å². The molecule has 0 bridgehead atoms. The molecule has 0 amide bonds. The molecule has 2 aliphatic rings. The number of rotatable bonds is 9. The highest BCUT2D eigenvalue weighted by molar-refractivity contribution is 5.65. The largest absolute Gasteiger partial charge is 0.396 e. The van der Waals surface area contributed by atoms with Gasteiger partial charge >= 0.3 is 0 Å². The molecule has 0 radical (unpaired) electrons. The summed E-state index contributed by atoms with van der Waals surface area (Å²) in [5, 5.41) is 16.6. The minimum Gasteiger partial charge on any atom is -0.396 e. The Labute approximate surface area is 175 Å². The summed E-state index contributed by atoms with van der Waals surface area (Å²) in [6.07, 6.45) is 12.2. The van der Waals surface area contributed by atoms with Gasteiger partial charge in [-0.25, -0.2) is 4.98 Å². The van der Waals surface area contributed by atoms with Gasteiger partial charge in [-0.2, -0.15) is 4.98 Å². The van der Waals surface area contributed by atoms with Crippen LogP contribution in [0.4, 0.5) is 17.5 Å². The second-order valence-electron chi connectivity index (χ2n) is 8.88. The van der Waals surface area contributed by atoms with Gasteiger partial charge in [-0.3, -0.25) is 10.3 Å². The van der Waals surface area contributed by atoms with Gasteiger partial charge in [0.25, 0.3) is 0 Å². The van der Waals surface area contributed by atoms with E-state index in [1.54, 1.807) is 6.20 Å². The van der Waals surface area contributed by atoms with Gasteiger partial charge in [0.1, 0.15) is 5.69 Å². The third-order valence-corrected chi connectivity index (χ3v) is 6.32. The molecular weight excluding hydrogens is 364 g/mol. The molecule has 7 heteroatoms. The Hall–Kier alpha value is -1.73. The molecule has 162 valence electrons. The number of aliphatic imine (C=N–C) groups is 1. The van der Waals surface area contributed by atoms with Gasteiger partial charge in [0.15, 0.2) is 5.82 Å².